The van der Waals surface area contributed by atoms with Gasteiger partial charge in [-0.25, -0.2) is 0 Å². The van der Waals surface area contributed by atoms with Gasteiger partial charge in [-0.1, -0.05) is 17.7 Å². The van der Waals surface area contributed by atoms with E-state index in [-0.39, 0.29) is 23.1 Å². The number of fused-ring (bicyclic) bond motifs is 1. The number of anilines is 1. The number of carbonyl (C=O) groups is 1. The second-order valence-electron chi connectivity index (χ2n) is 7.36. The van der Waals surface area contributed by atoms with Crippen molar-refractivity contribution in [1.29, 1.82) is 0 Å². The fourth-order valence-electron chi connectivity index (χ4n) is 3.67. The molecule has 1 amide bonds. The van der Waals surface area contributed by atoms with E-state index in [4.69, 9.17) is 21.1 Å². The molecule has 0 radical (unpaired) electrons. The van der Waals surface area contributed by atoms with E-state index in [1.807, 2.05) is 39.0 Å². The van der Waals surface area contributed by atoms with Crippen molar-refractivity contribution in [1.82, 2.24) is 20.0 Å². The maximum absolute atomic E-state index is 12.6. The third-order valence-corrected chi connectivity index (χ3v) is 5.09. The summed E-state index contributed by atoms with van der Waals surface area (Å²) in [6.07, 6.45) is 0.331. The monoisotopic (exact) mass is 427 g/mol. The van der Waals surface area contributed by atoms with E-state index in [9.17, 15) is 4.79 Å². The highest BCUT2D eigenvalue weighted by molar-refractivity contribution is 6.29. The molecule has 0 aliphatic carbocycles. The number of amides is 1. The van der Waals surface area contributed by atoms with Gasteiger partial charge in [-0.15, -0.1) is 10.2 Å². The quantitative estimate of drug-likeness (QED) is 0.664. The lowest BCUT2D eigenvalue weighted by atomic mass is 9.85. The van der Waals surface area contributed by atoms with Gasteiger partial charge in [-0.05, 0) is 50.6 Å². The minimum atomic E-state index is -0.176. The average Bonchev–Trinajstić information content (AvgIpc) is 3.04. The molecule has 3 aromatic rings. The molecule has 2 aromatic heterocycles. The summed E-state index contributed by atoms with van der Waals surface area (Å²) in [5, 5.41) is 15.8. The summed E-state index contributed by atoms with van der Waals surface area (Å²) in [6, 6.07) is 9.10. The van der Waals surface area contributed by atoms with Crippen LogP contribution in [-0.4, -0.2) is 39.1 Å². The lowest BCUT2D eigenvalue weighted by Crippen LogP contribution is -2.25. The summed E-state index contributed by atoms with van der Waals surface area (Å²) < 4.78 is 12.9. The molecule has 156 valence electrons. The van der Waals surface area contributed by atoms with E-state index in [1.165, 1.54) is 0 Å². The van der Waals surface area contributed by atoms with Crippen LogP contribution in [0.15, 0.2) is 30.3 Å². The Kier molecular flexibility index (Phi) is 5.34. The van der Waals surface area contributed by atoms with Gasteiger partial charge >= 0.3 is 0 Å². The van der Waals surface area contributed by atoms with E-state index in [1.54, 1.807) is 23.9 Å². The number of halogens is 1. The van der Waals surface area contributed by atoms with Gasteiger partial charge in [0.25, 0.3) is 0 Å². The Morgan fingerprint density at radius 2 is 2.00 bits per heavy atom. The molecule has 1 aliphatic heterocycles. The fraction of sp³-hybridized carbons (Fsp3) is 0.333. The van der Waals surface area contributed by atoms with Crippen LogP contribution < -0.4 is 14.8 Å². The maximum Gasteiger partial charge on any atom is 0.226 e. The van der Waals surface area contributed by atoms with Crippen molar-refractivity contribution in [3.8, 4) is 17.3 Å². The maximum atomic E-state index is 12.6. The van der Waals surface area contributed by atoms with Crippen LogP contribution in [0, 0.1) is 6.92 Å². The Labute approximate surface area is 179 Å². The number of methoxy groups -OCH3 is 1. The summed E-state index contributed by atoms with van der Waals surface area (Å²) in [4.78, 5) is 12.6. The number of hydrogen-bond donors (Lipinski definition) is 1. The molecule has 0 spiro atoms. The van der Waals surface area contributed by atoms with Crippen molar-refractivity contribution in [3.63, 3.8) is 0 Å². The van der Waals surface area contributed by atoms with E-state index < -0.39 is 0 Å². The highest BCUT2D eigenvalue weighted by atomic mass is 35.5. The predicted molar refractivity (Wildman–Crippen MR) is 113 cm³/mol. The van der Waals surface area contributed by atoms with Crippen molar-refractivity contribution >= 4 is 23.3 Å². The lowest BCUT2D eigenvalue weighted by molar-refractivity contribution is -0.116. The summed E-state index contributed by atoms with van der Waals surface area (Å²) in [5.74, 6) is 2.08. The van der Waals surface area contributed by atoms with Crippen LogP contribution in [0.2, 0.25) is 5.15 Å². The van der Waals surface area contributed by atoms with Gasteiger partial charge in [0.15, 0.2) is 22.5 Å². The molecule has 1 aliphatic rings. The largest absolute Gasteiger partial charge is 0.493 e. The van der Waals surface area contributed by atoms with Crippen LogP contribution in [0.5, 0.6) is 11.5 Å². The summed E-state index contributed by atoms with van der Waals surface area (Å²) in [7, 11) is 1.60. The van der Waals surface area contributed by atoms with Gasteiger partial charge < -0.3 is 14.8 Å². The third-order valence-electron chi connectivity index (χ3n) is 4.89. The van der Waals surface area contributed by atoms with E-state index in [0.717, 1.165) is 16.8 Å². The fourth-order valence-corrected chi connectivity index (χ4v) is 3.77. The number of hydrogen-bond acceptors (Lipinski definition) is 6. The van der Waals surface area contributed by atoms with Gasteiger partial charge in [0, 0.05) is 17.9 Å². The number of nitrogens with zero attached hydrogens (tertiary/aromatic N) is 4. The van der Waals surface area contributed by atoms with Gasteiger partial charge in [0.05, 0.1) is 18.9 Å². The summed E-state index contributed by atoms with van der Waals surface area (Å²) >= 11 is 5.85. The Bertz CT molecular complexity index is 1090. The zero-order chi connectivity index (χ0) is 21.4. The number of aromatic nitrogens is 4. The van der Waals surface area contributed by atoms with Crippen LogP contribution in [0.4, 0.5) is 5.82 Å². The molecule has 0 saturated heterocycles. The zero-order valence-corrected chi connectivity index (χ0v) is 17.9. The first-order valence-corrected chi connectivity index (χ1v) is 9.98. The van der Waals surface area contributed by atoms with Crippen LogP contribution in [-0.2, 0) is 4.79 Å². The number of nitrogens with one attached hydrogen (secondary N) is 1. The Morgan fingerprint density at radius 1 is 1.20 bits per heavy atom. The van der Waals surface area contributed by atoms with Crippen LogP contribution >= 0.6 is 11.6 Å². The first kappa shape index (κ1) is 20.2. The minimum Gasteiger partial charge on any atom is -0.493 e. The molecular formula is C21H22ClN5O3. The predicted octanol–water partition coefficient (Wildman–Crippen LogP) is 3.89. The molecular weight excluding hydrogens is 406 g/mol. The van der Waals surface area contributed by atoms with Crippen LogP contribution in [0.1, 0.15) is 43.0 Å². The second-order valence-corrected chi connectivity index (χ2v) is 7.74. The second kappa shape index (κ2) is 7.95. The van der Waals surface area contributed by atoms with Crippen molar-refractivity contribution in [2.24, 2.45) is 0 Å². The average molecular weight is 428 g/mol. The van der Waals surface area contributed by atoms with Gasteiger partial charge in [-0.3, -0.25) is 4.79 Å². The topological polar surface area (TPSA) is 91.2 Å². The number of ether oxygens (including phenoxy) is 2. The minimum absolute atomic E-state index is 0.0257. The highest BCUT2D eigenvalue weighted by Gasteiger charge is 2.33. The lowest BCUT2D eigenvalue weighted by Gasteiger charge is -2.25. The molecule has 1 N–H and O–H groups in total. The van der Waals surface area contributed by atoms with Crippen molar-refractivity contribution in [2.45, 2.75) is 39.2 Å². The highest BCUT2D eigenvalue weighted by Crippen LogP contribution is 2.42. The molecule has 30 heavy (non-hydrogen) atoms. The van der Waals surface area contributed by atoms with Gasteiger partial charge in [0.1, 0.15) is 5.82 Å². The molecule has 3 heterocycles. The first-order valence-electron chi connectivity index (χ1n) is 9.61. The van der Waals surface area contributed by atoms with E-state index in [0.29, 0.717) is 29.6 Å². The summed E-state index contributed by atoms with van der Waals surface area (Å²) in [5.41, 5.74) is 2.68. The first-order chi connectivity index (χ1) is 14.4. The molecule has 9 heteroatoms. The Balaban J connectivity index is 1.79. The molecule has 1 aromatic carbocycles. The third kappa shape index (κ3) is 3.70. The van der Waals surface area contributed by atoms with E-state index in [2.05, 4.69) is 20.6 Å². The van der Waals surface area contributed by atoms with Gasteiger partial charge in [0.2, 0.25) is 5.91 Å². The standard InChI is InChI=1S/C21H22ClN5O3/c1-11(2)30-15-6-5-13(9-16(15)29-4)14-10-19(28)23-21-20(14)12(3)26-27(21)18-8-7-17(22)24-25-18/h5-9,11,14H,10H2,1-4H3,(H,23,28). The molecule has 8 nitrogen and oxygen atoms in total. The van der Waals surface area contributed by atoms with Crippen LogP contribution in [0.3, 0.4) is 0 Å². The molecule has 1 unspecified atom stereocenters. The molecule has 0 fully saturated rings. The SMILES string of the molecule is COc1cc(C2CC(=O)Nc3c2c(C)nn3-c2ccc(Cl)nn2)ccc1OC(C)C. The van der Waals surface area contributed by atoms with E-state index >= 15 is 0 Å². The molecule has 0 bridgehead atoms. The smallest absolute Gasteiger partial charge is 0.226 e. The number of benzene rings is 1. The zero-order valence-electron chi connectivity index (χ0n) is 17.1. The number of rotatable bonds is 5. The number of carbonyl (C=O) groups excluding carboxylic acids is 1. The van der Waals surface area contributed by atoms with Gasteiger partial charge in [-0.2, -0.15) is 9.78 Å². The van der Waals surface area contributed by atoms with Crippen molar-refractivity contribution in [2.75, 3.05) is 12.4 Å². The Morgan fingerprint density at radius 3 is 2.67 bits per heavy atom. The van der Waals surface area contributed by atoms with Crippen molar-refractivity contribution in [3.05, 3.63) is 52.3 Å². The molecule has 4 rings (SSSR count). The normalized spacial score (nSPS) is 15.7. The number of aryl methyl sites for hydroxylation is 1. The Hall–Kier alpha value is -3.13. The molecule has 0 saturated carbocycles. The van der Waals surface area contributed by atoms with Crippen LogP contribution in [0.25, 0.3) is 5.82 Å². The summed E-state index contributed by atoms with van der Waals surface area (Å²) in [6.45, 7) is 5.83. The molecule has 1 atom stereocenters. The van der Waals surface area contributed by atoms with Crippen molar-refractivity contribution < 1.29 is 14.3 Å².